The molecule has 1 aromatic carbocycles. The number of benzene rings is 1. The Labute approximate surface area is 155 Å². The van der Waals surface area contributed by atoms with E-state index in [-0.39, 0.29) is 18.2 Å². The van der Waals surface area contributed by atoms with Gasteiger partial charge in [-0.05, 0) is 29.6 Å². The maximum Gasteiger partial charge on any atom is 0.367 e. The third kappa shape index (κ3) is 9.80. The Kier molecular flexibility index (Phi) is 10.2. The van der Waals surface area contributed by atoms with Crippen molar-refractivity contribution in [3.8, 4) is 0 Å². The second-order valence-corrected chi connectivity index (χ2v) is 9.86. The standard InChI is InChI=1S/C17H27O4PS2/c1-14(2)10-20-22(18,21-11-15(3)4)13-19-17(23)24-12-16-8-6-5-7-9-16/h5-9,14-15H,10-13H2,1-4H3. The highest BCUT2D eigenvalue weighted by Crippen LogP contribution is 2.49. The van der Waals surface area contributed by atoms with Crippen LogP contribution in [0.4, 0.5) is 0 Å². The number of ether oxygens (including phenoxy) is 1. The summed E-state index contributed by atoms with van der Waals surface area (Å²) in [4.78, 5) is 0. The predicted molar refractivity (Wildman–Crippen MR) is 105 cm³/mol. The molecule has 136 valence electrons. The van der Waals surface area contributed by atoms with Crippen LogP contribution in [0.15, 0.2) is 30.3 Å². The summed E-state index contributed by atoms with van der Waals surface area (Å²) in [7, 11) is -3.30. The SMILES string of the molecule is CC(C)COP(=O)(COC(=S)SCc1ccccc1)OCC(C)C. The molecule has 1 rings (SSSR count). The summed E-state index contributed by atoms with van der Waals surface area (Å²) in [5.74, 6) is 1.24. The van der Waals surface area contributed by atoms with Gasteiger partial charge in [-0.25, -0.2) is 0 Å². The summed E-state index contributed by atoms with van der Waals surface area (Å²) in [6, 6.07) is 9.98. The molecule has 0 amide bonds. The summed E-state index contributed by atoms with van der Waals surface area (Å²) >= 11 is 6.60. The Morgan fingerprint density at radius 2 is 1.62 bits per heavy atom. The van der Waals surface area contributed by atoms with Gasteiger partial charge in [-0.15, -0.1) is 0 Å². The Balaban J connectivity index is 2.46. The van der Waals surface area contributed by atoms with Gasteiger partial charge in [0.25, 0.3) is 0 Å². The fraction of sp³-hybridized carbons (Fsp3) is 0.588. The van der Waals surface area contributed by atoms with E-state index in [1.165, 1.54) is 11.8 Å². The summed E-state index contributed by atoms with van der Waals surface area (Å²) in [6.07, 6.45) is -0.146. The molecule has 7 heteroatoms. The molecule has 0 N–H and O–H groups in total. The van der Waals surface area contributed by atoms with Crippen molar-refractivity contribution in [1.29, 1.82) is 0 Å². The summed E-state index contributed by atoms with van der Waals surface area (Å²) in [6.45, 7) is 8.70. The van der Waals surface area contributed by atoms with E-state index in [1.54, 1.807) is 0 Å². The molecular weight excluding hydrogens is 363 g/mol. The van der Waals surface area contributed by atoms with Crippen LogP contribution in [0, 0.1) is 11.8 Å². The molecule has 24 heavy (non-hydrogen) atoms. The van der Waals surface area contributed by atoms with E-state index in [0.717, 1.165) is 5.56 Å². The van der Waals surface area contributed by atoms with Gasteiger partial charge >= 0.3 is 7.60 Å². The second kappa shape index (κ2) is 11.3. The number of hydrogen-bond donors (Lipinski definition) is 0. The minimum Gasteiger partial charge on any atom is -0.466 e. The van der Waals surface area contributed by atoms with Crippen LogP contribution in [0.25, 0.3) is 0 Å². The van der Waals surface area contributed by atoms with Crippen LogP contribution in [0.3, 0.4) is 0 Å². The largest absolute Gasteiger partial charge is 0.466 e. The molecule has 0 atom stereocenters. The van der Waals surface area contributed by atoms with Crippen LogP contribution < -0.4 is 0 Å². The van der Waals surface area contributed by atoms with Crippen molar-refractivity contribution in [2.45, 2.75) is 33.4 Å². The van der Waals surface area contributed by atoms with Gasteiger partial charge in [-0.2, -0.15) is 0 Å². The fourth-order valence-corrected chi connectivity index (χ4v) is 4.12. The summed E-state index contributed by atoms with van der Waals surface area (Å²) in [5.41, 5.74) is 1.16. The molecule has 0 saturated carbocycles. The van der Waals surface area contributed by atoms with Crippen LogP contribution in [-0.2, 0) is 24.1 Å². The molecule has 0 aliphatic carbocycles. The first-order valence-corrected chi connectivity index (χ1v) is 11.1. The van der Waals surface area contributed by atoms with Crippen molar-refractivity contribution in [2.75, 3.05) is 19.6 Å². The van der Waals surface area contributed by atoms with Gasteiger partial charge in [-0.3, -0.25) is 4.57 Å². The fourth-order valence-electron chi connectivity index (χ4n) is 1.53. The monoisotopic (exact) mass is 390 g/mol. The van der Waals surface area contributed by atoms with Crippen LogP contribution in [0.1, 0.15) is 33.3 Å². The van der Waals surface area contributed by atoms with E-state index in [1.807, 2.05) is 58.0 Å². The zero-order chi connectivity index (χ0) is 18.0. The summed E-state index contributed by atoms with van der Waals surface area (Å²) in [5, 5.41) is 0. The van der Waals surface area contributed by atoms with Crippen molar-refractivity contribution in [3.05, 3.63) is 35.9 Å². The Bertz CT molecular complexity index is 519. The zero-order valence-corrected chi connectivity index (χ0v) is 17.3. The lowest BCUT2D eigenvalue weighted by atomic mass is 10.2. The lowest BCUT2D eigenvalue weighted by molar-refractivity contribution is 0.157. The van der Waals surface area contributed by atoms with Gasteiger partial charge in [0, 0.05) is 5.75 Å². The maximum absolute atomic E-state index is 12.8. The lowest BCUT2D eigenvalue weighted by Gasteiger charge is -2.21. The molecule has 0 heterocycles. The third-order valence-corrected chi connectivity index (χ3v) is 5.58. The van der Waals surface area contributed by atoms with E-state index in [0.29, 0.717) is 23.3 Å². The highest BCUT2D eigenvalue weighted by atomic mass is 32.2. The van der Waals surface area contributed by atoms with Gasteiger partial charge < -0.3 is 13.8 Å². The first kappa shape index (κ1) is 21.7. The van der Waals surface area contributed by atoms with E-state index < -0.39 is 7.60 Å². The minimum absolute atomic E-state index is 0.146. The van der Waals surface area contributed by atoms with Crippen LogP contribution >= 0.6 is 31.6 Å². The normalized spacial score (nSPS) is 11.9. The van der Waals surface area contributed by atoms with Gasteiger partial charge in [0.2, 0.25) is 4.38 Å². The van der Waals surface area contributed by atoms with Crippen LogP contribution in [-0.4, -0.2) is 23.9 Å². The molecule has 0 radical (unpaired) electrons. The zero-order valence-electron chi connectivity index (χ0n) is 14.8. The Hall–Kier alpha value is -0.390. The Morgan fingerprint density at radius 3 is 2.12 bits per heavy atom. The predicted octanol–water partition coefficient (Wildman–Crippen LogP) is 5.72. The van der Waals surface area contributed by atoms with Gasteiger partial charge in [0.1, 0.15) is 0 Å². The van der Waals surface area contributed by atoms with Crippen LogP contribution in [0.2, 0.25) is 0 Å². The third-order valence-electron chi connectivity index (χ3n) is 2.75. The molecule has 0 saturated heterocycles. The maximum atomic E-state index is 12.8. The highest BCUT2D eigenvalue weighted by molar-refractivity contribution is 8.22. The van der Waals surface area contributed by atoms with Crippen molar-refractivity contribution < 1.29 is 18.3 Å². The smallest absolute Gasteiger partial charge is 0.367 e. The topological polar surface area (TPSA) is 44.8 Å². The first-order valence-electron chi connectivity index (χ1n) is 8.02. The highest BCUT2D eigenvalue weighted by Gasteiger charge is 2.27. The molecular formula is C17H27O4PS2. The van der Waals surface area contributed by atoms with E-state index in [9.17, 15) is 4.57 Å². The van der Waals surface area contributed by atoms with E-state index >= 15 is 0 Å². The molecule has 0 bridgehead atoms. The molecule has 1 aromatic rings. The quantitative estimate of drug-likeness (QED) is 0.376. The lowest BCUT2D eigenvalue weighted by Crippen LogP contribution is -2.11. The molecule has 0 spiro atoms. The molecule has 0 aromatic heterocycles. The second-order valence-electron chi connectivity index (χ2n) is 6.29. The Morgan fingerprint density at radius 1 is 1.08 bits per heavy atom. The average molecular weight is 391 g/mol. The number of thioether (sulfide) groups is 1. The van der Waals surface area contributed by atoms with Crippen molar-refractivity contribution in [2.24, 2.45) is 11.8 Å². The first-order chi connectivity index (χ1) is 11.3. The van der Waals surface area contributed by atoms with E-state index in [4.69, 9.17) is 26.0 Å². The molecule has 0 unspecified atom stereocenters. The van der Waals surface area contributed by atoms with Crippen molar-refractivity contribution >= 4 is 36.0 Å². The minimum atomic E-state index is -3.30. The molecule has 0 aliphatic heterocycles. The van der Waals surface area contributed by atoms with E-state index in [2.05, 4.69) is 0 Å². The molecule has 4 nitrogen and oxygen atoms in total. The average Bonchev–Trinajstić information content (AvgIpc) is 2.56. The van der Waals surface area contributed by atoms with Gasteiger partial charge in [0.05, 0.1) is 13.2 Å². The van der Waals surface area contributed by atoms with Crippen molar-refractivity contribution in [3.63, 3.8) is 0 Å². The van der Waals surface area contributed by atoms with Crippen LogP contribution in [0.5, 0.6) is 0 Å². The molecule has 0 aliphatic rings. The van der Waals surface area contributed by atoms with Gasteiger partial charge in [0.15, 0.2) is 6.35 Å². The molecule has 0 fully saturated rings. The summed E-state index contributed by atoms with van der Waals surface area (Å²) < 4.78 is 29.6. The number of rotatable bonds is 10. The number of hydrogen-bond acceptors (Lipinski definition) is 6. The number of thiocarbonyl (C=S) groups is 1. The van der Waals surface area contributed by atoms with Gasteiger partial charge in [-0.1, -0.05) is 69.8 Å². The van der Waals surface area contributed by atoms with Crippen molar-refractivity contribution in [1.82, 2.24) is 0 Å².